The van der Waals surface area contributed by atoms with Crippen molar-refractivity contribution in [3.8, 4) is 0 Å². The summed E-state index contributed by atoms with van der Waals surface area (Å²) in [6.45, 7) is 0. The predicted octanol–water partition coefficient (Wildman–Crippen LogP) is 5.46. The Kier molecular flexibility index (Phi) is 5.79. The normalized spacial score (nSPS) is 13.5. The van der Waals surface area contributed by atoms with Gasteiger partial charge in [0.2, 0.25) is 0 Å². The molecule has 0 saturated carbocycles. The first-order chi connectivity index (χ1) is 7.91. The molecule has 94 valence electrons. The molecule has 1 rings (SSSR count). The van der Waals surface area contributed by atoms with Gasteiger partial charge >= 0.3 is 6.18 Å². The van der Waals surface area contributed by atoms with Crippen LogP contribution in [0.15, 0.2) is 38.9 Å². The third-order valence-corrected chi connectivity index (χ3v) is 4.15. The van der Waals surface area contributed by atoms with Crippen LogP contribution in [0.25, 0.3) is 0 Å². The second kappa shape index (κ2) is 6.64. The minimum atomic E-state index is -4.33. The molecule has 5 heteroatoms. The van der Waals surface area contributed by atoms with Crippen LogP contribution in [0.3, 0.4) is 0 Å². The van der Waals surface area contributed by atoms with E-state index in [9.17, 15) is 13.2 Å². The average molecular weight is 375 g/mol. The van der Waals surface area contributed by atoms with E-state index in [0.717, 1.165) is 12.0 Å². The lowest BCUT2D eigenvalue weighted by Crippen LogP contribution is -2.08. The number of benzene rings is 1. The molecule has 0 aliphatic rings. The number of alkyl halides is 3. The summed E-state index contributed by atoms with van der Waals surface area (Å²) in [5.74, 6) is 0. The summed E-state index contributed by atoms with van der Waals surface area (Å²) >= 11 is 6.89. The molecule has 0 aliphatic heterocycles. The van der Waals surface area contributed by atoms with Gasteiger partial charge in [0.1, 0.15) is 3.58 Å². The highest BCUT2D eigenvalue weighted by Gasteiger charge is 2.33. The number of hydrogen-bond acceptors (Lipinski definition) is 0. The van der Waals surface area contributed by atoms with Crippen molar-refractivity contribution >= 4 is 34.2 Å². The molecule has 0 nitrogen and oxygen atoms in total. The first-order valence-corrected chi connectivity index (χ1v) is 6.52. The minimum absolute atomic E-state index is 0.103. The summed E-state index contributed by atoms with van der Waals surface area (Å²) in [5, 5.41) is -0.103. The zero-order chi connectivity index (χ0) is 12.9. The molecule has 0 bridgehead atoms. The second-order valence-electron chi connectivity index (χ2n) is 3.56. The fraction of sp³-hybridized carbons (Fsp3) is 0.333. The van der Waals surface area contributed by atoms with Gasteiger partial charge in [-0.2, -0.15) is 13.2 Å². The topological polar surface area (TPSA) is 0 Å². The van der Waals surface area contributed by atoms with Crippen LogP contribution in [0, 0.1) is 0 Å². The molecule has 0 aliphatic carbocycles. The molecule has 1 aromatic carbocycles. The van der Waals surface area contributed by atoms with E-state index in [1.807, 2.05) is 30.3 Å². The van der Waals surface area contributed by atoms with Crippen LogP contribution in [-0.2, 0) is 6.42 Å². The molecule has 0 spiro atoms. The fourth-order valence-electron chi connectivity index (χ4n) is 1.36. The van der Waals surface area contributed by atoms with E-state index < -0.39 is 9.76 Å². The molecule has 0 N–H and O–H groups in total. The van der Waals surface area contributed by atoms with E-state index >= 15 is 0 Å². The molecule has 0 fully saturated rings. The Morgan fingerprint density at radius 1 is 1.18 bits per heavy atom. The monoisotopic (exact) mass is 374 g/mol. The SMILES string of the molecule is FC(F)(F)/C(I)=C(\Cl)CCCc1ccccc1. The number of hydrogen-bond donors (Lipinski definition) is 0. The molecule has 0 amide bonds. The van der Waals surface area contributed by atoms with Crippen LogP contribution in [0.1, 0.15) is 18.4 Å². The highest BCUT2D eigenvalue weighted by Crippen LogP contribution is 2.36. The molecule has 0 aromatic heterocycles. The van der Waals surface area contributed by atoms with Gasteiger partial charge in [0.15, 0.2) is 0 Å². The average Bonchev–Trinajstić information content (AvgIpc) is 2.28. The van der Waals surface area contributed by atoms with E-state index in [1.54, 1.807) is 0 Å². The largest absolute Gasteiger partial charge is 0.423 e. The van der Waals surface area contributed by atoms with Gasteiger partial charge in [-0.25, -0.2) is 0 Å². The molecule has 0 heterocycles. The lowest BCUT2D eigenvalue weighted by atomic mass is 10.1. The molecular weight excluding hydrogens is 363 g/mol. The molecule has 0 unspecified atom stereocenters. The molecule has 1 aromatic rings. The van der Waals surface area contributed by atoms with E-state index in [1.165, 1.54) is 22.6 Å². The smallest absolute Gasteiger partial charge is 0.166 e. The van der Waals surface area contributed by atoms with Gasteiger partial charge in [0.05, 0.1) is 0 Å². The van der Waals surface area contributed by atoms with E-state index in [4.69, 9.17) is 11.6 Å². The molecule has 17 heavy (non-hydrogen) atoms. The van der Waals surface area contributed by atoms with Crippen molar-refractivity contribution in [3.63, 3.8) is 0 Å². The first kappa shape index (κ1) is 14.8. The van der Waals surface area contributed by atoms with Crippen molar-refractivity contribution in [2.75, 3.05) is 0 Å². The summed E-state index contributed by atoms with van der Waals surface area (Å²) in [7, 11) is 0. The van der Waals surface area contributed by atoms with Crippen molar-refractivity contribution in [2.24, 2.45) is 0 Å². The zero-order valence-electron chi connectivity index (χ0n) is 8.90. The quantitative estimate of drug-likeness (QED) is 0.614. The van der Waals surface area contributed by atoms with Gasteiger partial charge in [-0.3, -0.25) is 0 Å². The van der Waals surface area contributed by atoms with Crippen molar-refractivity contribution in [3.05, 3.63) is 44.5 Å². The summed E-state index contributed by atoms with van der Waals surface area (Å²) in [6, 6.07) is 9.63. The Balaban J connectivity index is 2.47. The van der Waals surface area contributed by atoms with Gasteiger partial charge in [-0.1, -0.05) is 41.9 Å². The molecule has 0 saturated heterocycles. The summed E-state index contributed by atoms with van der Waals surface area (Å²) in [5.41, 5.74) is 1.11. The number of rotatable bonds is 4. The van der Waals surface area contributed by atoms with E-state index in [0.29, 0.717) is 6.42 Å². The van der Waals surface area contributed by atoms with Gasteiger partial charge in [-0.15, -0.1) is 0 Å². The number of allylic oxidation sites excluding steroid dienone is 2. The Morgan fingerprint density at radius 2 is 1.76 bits per heavy atom. The van der Waals surface area contributed by atoms with Crippen LogP contribution >= 0.6 is 34.2 Å². The Morgan fingerprint density at radius 3 is 2.29 bits per heavy atom. The molecule has 0 radical (unpaired) electrons. The van der Waals surface area contributed by atoms with Crippen LogP contribution in [-0.4, -0.2) is 6.18 Å². The van der Waals surface area contributed by atoms with Crippen molar-refractivity contribution in [1.29, 1.82) is 0 Å². The maximum atomic E-state index is 12.3. The molecular formula is C12H11ClF3I. The predicted molar refractivity (Wildman–Crippen MR) is 72.3 cm³/mol. The Hall–Kier alpha value is -0.230. The summed E-state index contributed by atoms with van der Waals surface area (Å²) < 4.78 is 36.2. The first-order valence-electron chi connectivity index (χ1n) is 5.06. The van der Waals surface area contributed by atoms with Crippen molar-refractivity contribution < 1.29 is 13.2 Å². The fourth-order valence-corrected chi connectivity index (χ4v) is 1.87. The van der Waals surface area contributed by atoms with Crippen LogP contribution in [0.4, 0.5) is 13.2 Å². The maximum Gasteiger partial charge on any atom is 0.423 e. The zero-order valence-corrected chi connectivity index (χ0v) is 11.8. The standard InChI is InChI=1S/C12H11ClF3I/c13-10(11(17)12(14,15)16)8-4-7-9-5-2-1-3-6-9/h1-3,5-6H,4,7-8H2/b11-10+. The van der Waals surface area contributed by atoms with E-state index in [-0.39, 0.29) is 11.5 Å². The maximum absolute atomic E-state index is 12.3. The number of halogens is 5. The van der Waals surface area contributed by atoms with E-state index in [2.05, 4.69) is 0 Å². The third-order valence-electron chi connectivity index (χ3n) is 2.19. The summed E-state index contributed by atoms with van der Waals surface area (Å²) in [4.78, 5) is 0. The summed E-state index contributed by atoms with van der Waals surface area (Å²) in [6.07, 6.45) is -2.72. The van der Waals surface area contributed by atoms with Gasteiger partial charge < -0.3 is 0 Å². The number of aryl methyl sites for hydroxylation is 1. The van der Waals surface area contributed by atoms with Gasteiger partial charge in [0, 0.05) is 5.03 Å². The Labute approximate surface area is 117 Å². The highest BCUT2D eigenvalue weighted by molar-refractivity contribution is 14.1. The van der Waals surface area contributed by atoms with Crippen molar-refractivity contribution in [1.82, 2.24) is 0 Å². The minimum Gasteiger partial charge on any atom is -0.166 e. The van der Waals surface area contributed by atoms with Crippen LogP contribution < -0.4 is 0 Å². The Bertz CT molecular complexity index is 384. The van der Waals surface area contributed by atoms with Gasteiger partial charge in [0.25, 0.3) is 0 Å². The lowest BCUT2D eigenvalue weighted by molar-refractivity contribution is -0.0822. The highest BCUT2D eigenvalue weighted by atomic mass is 127. The van der Waals surface area contributed by atoms with Gasteiger partial charge in [-0.05, 0) is 47.4 Å². The second-order valence-corrected chi connectivity index (χ2v) is 5.09. The lowest BCUT2D eigenvalue weighted by Gasteiger charge is -2.08. The third kappa shape index (κ3) is 5.29. The van der Waals surface area contributed by atoms with Crippen LogP contribution in [0.5, 0.6) is 0 Å². The molecule has 0 atom stereocenters. The van der Waals surface area contributed by atoms with Crippen LogP contribution in [0.2, 0.25) is 0 Å². The van der Waals surface area contributed by atoms with Crippen molar-refractivity contribution in [2.45, 2.75) is 25.4 Å².